The van der Waals surface area contributed by atoms with Gasteiger partial charge in [0.1, 0.15) is 5.82 Å². The highest BCUT2D eigenvalue weighted by atomic mass is 35.5. The molecular formula is C20H30ClF. The fourth-order valence-electron chi connectivity index (χ4n) is 1.27. The summed E-state index contributed by atoms with van der Waals surface area (Å²) in [4.78, 5) is 0. The van der Waals surface area contributed by atoms with Crippen molar-refractivity contribution in [3.05, 3.63) is 70.0 Å². The molecule has 0 unspecified atom stereocenters. The number of rotatable bonds is 0. The van der Waals surface area contributed by atoms with Crippen LogP contribution in [0, 0.1) is 26.6 Å². The average Bonchev–Trinajstić information content (AvgIpc) is 2.51. The van der Waals surface area contributed by atoms with Crippen LogP contribution in [0.2, 0.25) is 5.02 Å². The van der Waals surface area contributed by atoms with Gasteiger partial charge in [-0.15, -0.1) is 0 Å². The van der Waals surface area contributed by atoms with Crippen LogP contribution < -0.4 is 0 Å². The molecule has 0 amide bonds. The summed E-state index contributed by atoms with van der Waals surface area (Å²) in [5.41, 5.74) is 3.13. The molecule has 2 heteroatoms. The van der Waals surface area contributed by atoms with Gasteiger partial charge in [0.15, 0.2) is 0 Å². The normalized spacial score (nSPS) is 8.41. The largest absolute Gasteiger partial charge is 0.207 e. The van der Waals surface area contributed by atoms with E-state index in [-0.39, 0.29) is 5.82 Å². The second-order valence-electron chi connectivity index (χ2n) is 4.64. The molecule has 0 saturated carbocycles. The molecule has 0 aliphatic rings. The van der Waals surface area contributed by atoms with Crippen molar-refractivity contribution in [2.75, 3.05) is 0 Å². The van der Waals surface area contributed by atoms with Crippen LogP contribution in [0.4, 0.5) is 4.39 Å². The summed E-state index contributed by atoms with van der Waals surface area (Å²) in [5, 5.41) is 0.856. The van der Waals surface area contributed by atoms with Crippen LogP contribution in [-0.4, -0.2) is 0 Å². The second kappa shape index (κ2) is 14.6. The summed E-state index contributed by atoms with van der Waals surface area (Å²) in [5.74, 6) is -0.132. The zero-order valence-corrected chi connectivity index (χ0v) is 15.8. The molecule has 0 nitrogen and oxygen atoms in total. The lowest BCUT2D eigenvalue weighted by molar-refractivity contribution is 0.618. The van der Waals surface area contributed by atoms with Crippen LogP contribution in [0.1, 0.15) is 50.8 Å². The Kier molecular flexibility index (Phi) is 15.2. The molecule has 22 heavy (non-hydrogen) atoms. The van der Waals surface area contributed by atoms with Crippen molar-refractivity contribution in [1.29, 1.82) is 0 Å². The molecular weight excluding hydrogens is 295 g/mol. The van der Waals surface area contributed by atoms with E-state index in [1.54, 1.807) is 19.1 Å². The smallest absolute Gasteiger partial charge is 0.126 e. The minimum Gasteiger partial charge on any atom is -0.207 e. The number of hydrogen-bond donors (Lipinski definition) is 0. The van der Waals surface area contributed by atoms with Crippen molar-refractivity contribution in [3.63, 3.8) is 0 Å². The number of aryl methyl sites for hydroxylation is 2. The van der Waals surface area contributed by atoms with Crippen LogP contribution in [0.3, 0.4) is 0 Å². The molecule has 2 aromatic rings. The van der Waals surface area contributed by atoms with E-state index in [4.69, 9.17) is 11.6 Å². The van der Waals surface area contributed by atoms with Crippen LogP contribution in [-0.2, 0) is 0 Å². The third-order valence-electron chi connectivity index (χ3n) is 2.62. The van der Waals surface area contributed by atoms with Gasteiger partial charge in [0.2, 0.25) is 0 Å². The Morgan fingerprint density at radius 3 is 1.59 bits per heavy atom. The van der Waals surface area contributed by atoms with E-state index in [0.29, 0.717) is 5.56 Å². The van der Waals surface area contributed by atoms with E-state index in [9.17, 15) is 4.39 Å². The minimum absolute atomic E-state index is 0.132. The van der Waals surface area contributed by atoms with E-state index in [1.165, 1.54) is 23.6 Å². The van der Waals surface area contributed by atoms with E-state index >= 15 is 0 Å². The molecule has 0 N–H and O–H groups in total. The maximum absolute atomic E-state index is 12.3. The molecule has 0 saturated heterocycles. The quantitative estimate of drug-likeness (QED) is 0.469. The Labute approximate surface area is 141 Å². The molecule has 0 aliphatic carbocycles. The zero-order chi connectivity index (χ0) is 17.5. The first-order valence-electron chi connectivity index (χ1n) is 7.86. The van der Waals surface area contributed by atoms with Crippen LogP contribution >= 0.6 is 11.6 Å². The Hall–Kier alpha value is -1.34. The summed E-state index contributed by atoms with van der Waals surface area (Å²) in [6.45, 7) is 14.1. The Bertz CT molecular complexity index is 466. The van der Waals surface area contributed by atoms with Crippen LogP contribution in [0.5, 0.6) is 0 Å². The highest BCUT2D eigenvalue weighted by Crippen LogP contribution is 2.16. The van der Waals surface area contributed by atoms with E-state index in [2.05, 4.69) is 26.8 Å². The molecule has 0 aliphatic heterocycles. The van der Waals surface area contributed by atoms with Gasteiger partial charge >= 0.3 is 0 Å². The lowest BCUT2D eigenvalue weighted by atomic mass is 10.1. The molecule has 0 radical (unpaired) electrons. The third kappa shape index (κ3) is 10.4. The first-order valence-corrected chi connectivity index (χ1v) is 8.24. The summed E-state index contributed by atoms with van der Waals surface area (Å²) in [6.07, 6.45) is 1.25. The van der Waals surface area contributed by atoms with Gasteiger partial charge in [0.25, 0.3) is 0 Å². The molecule has 124 valence electrons. The fraction of sp³-hybridized carbons (Fsp3) is 0.400. The number of benzene rings is 2. The first-order chi connectivity index (χ1) is 10.4. The third-order valence-corrected chi connectivity index (χ3v) is 3.02. The summed E-state index contributed by atoms with van der Waals surface area (Å²) < 4.78 is 12.3. The Balaban J connectivity index is 0. The van der Waals surface area contributed by atoms with E-state index < -0.39 is 0 Å². The lowest BCUT2D eigenvalue weighted by Gasteiger charge is -1.98. The molecule has 0 heterocycles. The van der Waals surface area contributed by atoms with E-state index in [1.807, 2.05) is 39.0 Å². The molecule has 0 spiro atoms. The van der Waals surface area contributed by atoms with Crippen LogP contribution in [0.15, 0.2) is 42.5 Å². The van der Waals surface area contributed by atoms with Gasteiger partial charge in [-0.2, -0.15) is 0 Å². The molecule has 2 rings (SSSR count). The van der Waals surface area contributed by atoms with Crippen molar-refractivity contribution in [2.24, 2.45) is 0 Å². The second-order valence-corrected chi connectivity index (χ2v) is 5.05. The van der Waals surface area contributed by atoms with Crippen molar-refractivity contribution in [2.45, 2.75) is 54.9 Å². The first kappa shape index (κ1) is 22.9. The maximum atomic E-state index is 12.3. The van der Waals surface area contributed by atoms with Gasteiger partial charge in [-0.05, 0) is 49.6 Å². The van der Waals surface area contributed by atoms with Crippen molar-refractivity contribution >= 4 is 11.6 Å². The standard InChI is InChI=1S/C8H9Cl.C7H7F.C3H8.C2H6/c1-6-4-3-5-8(9)7(6)2;1-6-4-2-3-5-7(6)8;1-3-2;1-2/h3-5H,1-2H3;2-5H,1H3;3H2,1-2H3;1-2H3. The van der Waals surface area contributed by atoms with Gasteiger partial charge in [0, 0.05) is 5.02 Å². The number of halogens is 2. The maximum Gasteiger partial charge on any atom is 0.126 e. The zero-order valence-electron chi connectivity index (χ0n) is 15.0. The van der Waals surface area contributed by atoms with Gasteiger partial charge in [-0.25, -0.2) is 4.39 Å². The summed E-state index contributed by atoms with van der Waals surface area (Å²) in [6, 6.07) is 12.6. The minimum atomic E-state index is -0.132. The molecule has 2 aromatic carbocycles. The Morgan fingerprint density at radius 1 is 0.818 bits per heavy atom. The molecule has 0 aromatic heterocycles. The molecule has 0 bridgehead atoms. The molecule has 0 fully saturated rings. The van der Waals surface area contributed by atoms with E-state index in [0.717, 1.165) is 5.02 Å². The Morgan fingerprint density at radius 2 is 1.27 bits per heavy atom. The number of hydrogen-bond acceptors (Lipinski definition) is 0. The lowest BCUT2D eigenvalue weighted by Crippen LogP contribution is -1.78. The topological polar surface area (TPSA) is 0 Å². The van der Waals surface area contributed by atoms with Gasteiger partial charge < -0.3 is 0 Å². The molecule has 0 atom stereocenters. The van der Waals surface area contributed by atoms with Crippen molar-refractivity contribution in [1.82, 2.24) is 0 Å². The van der Waals surface area contributed by atoms with Gasteiger partial charge in [0.05, 0.1) is 0 Å². The summed E-state index contributed by atoms with van der Waals surface area (Å²) >= 11 is 5.81. The SMILES string of the molecule is CC.CCC.Cc1cccc(Cl)c1C.Cc1ccccc1F. The van der Waals surface area contributed by atoms with Gasteiger partial charge in [-0.1, -0.05) is 76.0 Å². The average molecular weight is 325 g/mol. The van der Waals surface area contributed by atoms with Crippen molar-refractivity contribution < 1.29 is 4.39 Å². The predicted octanol–water partition coefficient (Wildman–Crippen LogP) is 7.53. The van der Waals surface area contributed by atoms with Gasteiger partial charge in [-0.3, -0.25) is 0 Å². The highest BCUT2D eigenvalue weighted by Gasteiger charge is 1.94. The summed E-state index contributed by atoms with van der Waals surface area (Å²) in [7, 11) is 0. The van der Waals surface area contributed by atoms with Crippen molar-refractivity contribution in [3.8, 4) is 0 Å². The predicted molar refractivity (Wildman–Crippen MR) is 99.4 cm³/mol. The monoisotopic (exact) mass is 324 g/mol. The fourth-order valence-corrected chi connectivity index (χ4v) is 1.49. The van der Waals surface area contributed by atoms with Crippen LogP contribution in [0.25, 0.3) is 0 Å². The highest BCUT2D eigenvalue weighted by molar-refractivity contribution is 6.31.